The van der Waals surface area contributed by atoms with Crippen molar-refractivity contribution in [1.82, 2.24) is 5.32 Å². The van der Waals surface area contributed by atoms with Crippen LogP contribution in [0.4, 0.5) is 0 Å². The molecule has 0 fully saturated rings. The van der Waals surface area contributed by atoms with Crippen LogP contribution in [0.25, 0.3) is 0 Å². The maximum Gasteiger partial charge on any atom is 0.150 e. The summed E-state index contributed by atoms with van der Waals surface area (Å²) in [4.78, 5) is 0. The molecule has 0 aromatic carbocycles. The highest BCUT2D eigenvalue weighted by Crippen LogP contribution is 1.96. The van der Waals surface area contributed by atoms with E-state index in [9.17, 15) is 8.42 Å². The fourth-order valence-electron chi connectivity index (χ4n) is 1.24. The molecule has 15 heavy (non-hydrogen) atoms. The Morgan fingerprint density at radius 2 is 1.80 bits per heavy atom. The molecule has 0 aliphatic heterocycles. The first kappa shape index (κ1) is 14.9. The van der Waals surface area contributed by atoms with Gasteiger partial charge in [0.05, 0.1) is 11.5 Å². The van der Waals surface area contributed by atoms with Gasteiger partial charge >= 0.3 is 0 Å². The lowest BCUT2D eigenvalue weighted by atomic mass is 10.4. The summed E-state index contributed by atoms with van der Waals surface area (Å²) in [6.07, 6.45) is 2.39. The molecule has 0 rings (SSSR count). The smallest absolute Gasteiger partial charge is 0.150 e. The van der Waals surface area contributed by atoms with Gasteiger partial charge in [0.15, 0.2) is 0 Å². The second-order valence-corrected chi connectivity index (χ2v) is 5.91. The Hall–Kier alpha value is -0.130. The van der Waals surface area contributed by atoms with Gasteiger partial charge in [0.25, 0.3) is 0 Å². The fraction of sp³-hybridized carbons (Fsp3) is 1.00. The van der Waals surface area contributed by atoms with Crippen LogP contribution in [0.3, 0.4) is 0 Å². The van der Waals surface area contributed by atoms with Gasteiger partial charge < -0.3 is 10.1 Å². The molecular formula is C10H23NO3S. The predicted molar refractivity (Wildman–Crippen MR) is 62.9 cm³/mol. The van der Waals surface area contributed by atoms with E-state index in [-0.39, 0.29) is 11.5 Å². The molecule has 0 saturated heterocycles. The first-order valence-corrected chi connectivity index (χ1v) is 7.34. The lowest BCUT2D eigenvalue weighted by molar-refractivity contribution is 0.199. The molecule has 0 aromatic heterocycles. The molecule has 92 valence electrons. The van der Waals surface area contributed by atoms with Crippen LogP contribution in [-0.4, -0.2) is 46.7 Å². The van der Waals surface area contributed by atoms with Crippen molar-refractivity contribution in [1.29, 1.82) is 0 Å². The molecule has 0 radical (unpaired) electrons. The van der Waals surface area contributed by atoms with E-state index in [0.717, 1.165) is 19.5 Å². The second kappa shape index (κ2) is 9.12. The summed E-state index contributed by atoms with van der Waals surface area (Å²) in [5.74, 6) is 0.530. The lowest BCUT2D eigenvalue weighted by Gasteiger charge is -2.04. The van der Waals surface area contributed by atoms with Crippen molar-refractivity contribution in [2.45, 2.75) is 26.2 Å². The van der Waals surface area contributed by atoms with Gasteiger partial charge in [-0.1, -0.05) is 6.92 Å². The molecule has 0 bridgehead atoms. The molecule has 5 heteroatoms. The molecule has 0 unspecified atom stereocenters. The SMILES string of the molecule is CCCNCCCS(=O)(=O)CCCOC. The molecule has 0 heterocycles. The highest BCUT2D eigenvalue weighted by molar-refractivity contribution is 7.91. The molecule has 0 saturated carbocycles. The fourth-order valence-corrected chi connectivity index (χ4v) is 2.59. The third-order valence-corrected chi connectivity index (χ3v) is 3.86. The van der Waals surface area contributed by atoms with Crippen molar-refractivity contribution in [2.24, 2.45) is 0 Å². The van der Waals surface area contributed by atoms with Crippen LogP contribution in [0.5, 0.6) is 0 Å². The Kier molecular flexibility index (Phi) is 9.04. The third-order valence-electron chi connectivity index (χ3n) is 2.04. The Morgan fingerprint density at radius 1 is 1.13 bits per heavy atom. The molecule has 4 nitrogen and oxygen atoms in total. The Labute approximate surface area is 93.3 Å². The summed E-state index contributed by atoms with van der Waals surface area (Å²) in [6, 6.07) is 0. The quantitative estimate of drug-likeness (QED) is 0.572. The van der Waals surface area contributed by atoms with Crippen LogP contribution in [0.2, 0.25) is 0 Å². The van der Waals surface area contributed by atoms with Gasteiger partial charge in [0.2, 0.25) is 0 Å². The maximum absolute atomic E-state index is 11.5. The largest absolute Gasteiger partial charge is 0.385 e. The predicted octanol–water partition coefficient (Wildman–Crippen LogP) is 0.827. The zero-order valence-corrected chi connectivity index (χ0v) is 10.6. The average Bonchev–Trinajstić information content (AvgIpc) is 2.17. The number of hydrogen-bond acceptors (Lipinski definition) is 4. The van der Waals surface area contributed by atoms with Crippen LogP contribution >= 0.6 is 0 Å². The summed E-state index contributed by atoms with van der Waals surface area (Å²) in [6.45, 7) is 4.36. The van der Waals surface area contributed by atoms with E-state index in [0.29, 0.717) is 19.4 Å². The van der Waals surface area contributed by atoms with Gasteiger partial charge in [-0.2, -0.15) is 0 Å². The minimum absolute atomic E-state index is 0.245. The van der Waals surface area contributed by atoms with E-state index >= 15 is 0 Å². The zero-order chi connectivity index (χ0) is 11.6. The number of methoxy groups -OCH3 is 1. The van der Waals surface area contributed by atoms with Crippen molar-refractivity contribution < 1.29 is 13.2 Å². The van der Waals surface area contributed by atoms with Gasteiger partial charge in [-0.15, -0.1) is 0 Å². The number of rotatable bonds is 10. The van der Waals surface area contributed by atoms with E-state index in [1.165, 1.54) is 0 Å². The van der Waals surface area contributed by atoms with Crippen LogP contribution < -0.4 is 5.32 Å². The van der Waals surface area contributed by atoms with Crippen LogP contribution in [0.1, 0.15) is 26.2 Å². The van der Waals surface area contributed by atoms with Crippen LogP contribution in [0, 0.1) is 0 Å². The number of nitrogens with one attached hydrogen (secondary N) is 1. The van der Waals surface area contributed by atoms with E-state index in [2.05, 4.69) is 12.2 Å². The molecule has 0 atom stereocenters. The first-order valence-electron chi connectivity index (χ1n) is 5.52. The minimum Gasteiger partial charge on any atom is -0.385 e. The summed E-state index contributed by atoms with van der Waals surface area (Å²) < 4.78 is 27.7. The zero-order valence-electron chi connectivity index (χ0n) is 9.79. The van der Waals surface area contributed by atoms with Gasteiger partial charge in [0.1, 0.15) is 9.84 Å². The normalized spacial score (nSPS) is 11.9. The standard InChI is InChI=1S/C10H23NO3S/c1-3-6-11-7-4-9-15(12,13)10-5-8-14-2/h11H,3-10H2,1-2H3. The molecule has 0 aliphatic carbocycles. The third kappa shape index (κ3) is 10.2. The van der Waals surface area contributed by atoms with Crippen molar-refractivity contribution in [3.05, 3.63) is 0 Å². The lowest BCUT2D eigenvalue weighted by Crippen LogP contribution is -2.20. The topological polar surface area (TPSA) is 55.4 Å². The molecule has 0 aliphatic rings. The Balaban J connectivity index is 3.47. The van der Waals surface area contributed by atoms with Gasteiger partial charge in [-0.25, -0.2) is 8.42 Å². The molecular weight excluding hydrogens is 214 g/mol. The van der Waals surface area contributed by atoms with Crippen molar-refractivity contribution in [3.63, 3.8) is 0 Å². The number of sulfone groups is 1. The summed E-state index contributed by atoms with van der Waals surface area (Å²) in [5.41, 5.74) is 0. The molecule has 0 aromatic rings. The summed E-state index contributed by atoms with van der Waals surface area (Å²) in [5, 5.41) is 3.19. The van der Waals surface area contributed by atoms with Crippen molar-refractivity contribution in [3.8, 4) is 0 Å². The second-order valence-electron chi connectivity index (χ2n) is 3.60. The van der Waals surface area contributed by atoms with Gasteiger partial charge in [0, 0.05) is 13.7 Å². The van der Waals surface area contributed by atoms with E-state index in [4.69, 9.17) is 4.74 Å². The van der Waals surface area contributed by atoms with Gasteiger partial charge in [-0.3, -0.25) is 0 Å². The number of hydrogen-bond donors (Lipinski definition) is 1. The number of ether oxygens (including phenoxy) is 1. The molecule has 0 spiro atoms. The summed E-state index contributed by atoms with van der Waals surface area (Å²) in [7, 11) is -1.28. The summed E-state index contributed by atoms with van der Waals surface area (Å²) >= 11 is 0. The maximum atomic E-state index is 11.5. The van der Waals surface area contributed by atoms with E-state index in [1.54, 1.807) is 7.11 Å². The van der Waals surface area contributed by atoms with E-state index in [1.807, 2.05) is 0 Å². The first-order chi connectivity index (χ1) is 7.12. The average molecular weight is 237 g/mol. The van der Waals surface area contributed by atoms with Crippen LogP contribution in [-0.2, 0) is 14.6 Å². The highest BCUT2D eigenvalue weighted by Gasteiger charge is 2.09. The minimum atomic E-state index is -2.86. The molecule has 0 amide bonds. The Bertz CT molecular complexity index is 227. The van der Waals surface area contributed by atoms with Crippen molar-refractivity contribution in [2.75, 3.05) is 38.3 Å². The van der Waals surface area contributed by atoms with Crippen LogP contribution in [0.15, 0.2) is 0 Å². The molecule has 1 N–H and O–H groups in total. The monoisotopic (exact) mass is 237 g/mol. The van der Waals surface area contributed by atoms with Gasteiger partial charge in [-0.05, 0) is 32.4 Å². The highest BCUT2D eigenvalue weighted by atomic mass is 32.2. The van der Waals surface area contributed by atoms with Crippen molar-refractivity contribution >= 4 is 9.84 Å². The van der Waals surface area contributed by atoms with E-state index < -0.39 is 9.84 Å². The Morgan fingerprint density at radius 3 is 2.40 bits per heavy atom.